The first-order chi connectivity index (χ1) is 9.79. The van der Waals surface area contributed by atoms with Gasteiger partial charge in [-0.05, 0) is 30.4 Å². The zero-order valence-electron chi connectivity index (χ0n) is 11.8. The Morgan fingerprint density at radius 2 is 2.25 bits per heavy atom. The monoisotopic (exact) mass is 274 g/mol. The largest absolute Gasteiger partial charge is 0.373 e. The smallest absolute Gasteiger partial charge is 0.230 e. The van der Waals surface area contributed by atoms with E-state index in [2.05, 4.69) is 18.2 Å². The minimum atomic E-state index is -0.00784. The van der Waals surface area contributed by atoms with Crippen molar-refractivity contribution < 1.29 is 9.53 Å². The number of amides is 1. The van der Waals surface area contributed by atoms with Gasteiger partial charge in [0.15, 0.2) is 0 Å². The van der Waals surface area contributed by atoms with E-state index in [0.717, 1.165) is 19.3 Å². The fraction of sp³-hybridized carbons (Fsp3) is 0.562. The molecule has 0 radical (unpaired) electrons. The summed E-state index contributed by atoms with van der Waals surface area (Å²) >= 11 is 0. The van der Waals surface area contributed by atoms with Crippen LogP contribution in [0.5, 0.6) is 0 Å². The van der Waals surface area contributed by atoms with E-state index in [1.54, 1.807) is 0 Å². The van der Waals surface area contributed by atoms with Crippen LogP contribution in [0.2, 0.25) is 0 Å². The van der Waals surface area contributed by atoms with Crippen molar-refractivity contribution in [3.63, 3.8) is 0 Å². The maximum absolute atomic E-state index is 12.8. The van der Waals surface area contributed by atoms with Gasteiger partial charge in [-0.25, -0.2) is 0 Å². The second-order valence-electron chi connectivity index (χ2n) is 5.66. The first-order valence-electron chi connectivity index (χ1n) is 7.48. The van der Waals surface area contributed by atoms with E-state index in [1.807, 2.05) is 11.0 Å². The lowest BCUT2D eigenvalue weighted by Crippen LogP contribution is -2.49. The summed E-state index contributed by atoms with van der Waals surface area (Å²) < 4.78 is 5.55. The number of aryl methyl sites for hydroxylation is 1. The lowest BCUT2D eigenvalue weighted by Gasteiger charge is -2.36. The molecule has 0 spiro atoms. The van der Waals surface area contributed by atoms with Gasteiger partial charge in [-0.15, -0.1) is 0 Å². The summed E-state index contributed by atoms with van der Waals surface area (Å²) in [6.07, 6.45) is 3.14. The van der Waals surface area contributed by atoms with Crippen molar-refractivity contribution in [3.8, 4) is 0 Å². The minimum Gasteiger partial charge on any atom is -0.373 e. The van der Waals surface area contributed by atoms with Crippen LogP contribution in [0, 0.1) is 0 Å². The van der Waals surface area contributed by atoms with E-state index in [0.29, 0.717) is 26.2 Å². The topological polar surface area (TPSA) is 55.6 Å². The van der Waals surface area contributed by atoms with Crippen molar-refractivity contribution in [3.05, 3.63) is 35.4 Å². The molecular formula is C16H22N2O2. The first kappa shape index (κ1) is 13.6. The van der Waals surface area contributed by atoms with Crippen LogP contribution in [0.15, 0.2) is 24.3 Å². The zero-order valence-corrected chi connectivity index (χ0v) is 11.8. The van der Waals surface area contributed by atoms with Gasteiger partial charge >= 0.3 is 0 Å². The highest BCUT2D eigenvalue weighted by Crippen LogP contribution is 2.33. The van der Waals surface area contributed by atoms with Crippen LogP contribution >= 0.6 is 0 Å². The minimum absolute atomic E-state index is 0.00784. The average Bonchev–Trinajstić information content (AvgIpc) is 2.53. The van der Waals surface area contributed by atoms with Crippen LogP contribution in [0.3, 0.4) is 0 Å². The Bertz CT molecular complexity index is 489. The van der Waals surface area contributed by atoms with Crippen LogP contribution in [-0.2, 0) is 16.0 Å². The first-order valence-corrected chi connectivity index (χ1v) is 7.48. The van der Waals surface area contributed by atoms with Gasteiger partial charge in [-0.3, -0.25) is 4.79 Å². The van der Waals surface area contributed by atoms with Crippen LogP contribution in [0.4, 0.5) is 0 Å². The highest BCUT2D eigenvalue weighted by atomic mass is 16.5. The molecule has 1 heterocycles. The fourth-order valence-corrected chi connectivity index (χ4v) is 3.29. The Labute approximate surface area is 119 Å². The van der Waals surface area contributed by atoms with Crippen LogP contribution in [-0.4, -0.2) is 43.2 Å². The van der Waals surface area contributed by atoms with E-state index >= 15 is 0 Å². The molecule has 20 heavy (non-hydrogen) atoms. The number of fused-ring (bicyclic) bond motifs is 1. The molecule has 2 atom stereocenters. The summed E-state index contributed by atoms with van der Waals surface area (Å²) in [5.41, 5.74) is 8.21. The molecule has 2 aliphatic rings. The van der Waals surface area contributed by atoms with Crippen molar-refractivity contribution in [1.82, 2.24) is 4.90 Å². The Hall–Kier alpha value is -1.39. The number of rotatable bonds is 2. The lowest BCUT2D eigenvalue weighted by atomic mass is 9.82. The normalized spacial score (nSPS) is 26.1. The Balaban J connectivity index is 1.78. The third-order valence-corrected chi connectivity index (χ3v) is 4.38. The molecule has 1 fully saturated rings. The number of ether oxygens (including phenoxy) is 1. The van der Waals surface area contributed by atoms with Gasteiger partial charge in [-0.1, -0.05) is 24.3 Å². The molecule has 0 bridgehead atoms. The molecule has 0 aromatic heterocycles. The van der Waals surface area contributed by atoms with Crippen LogP contribution < -0.4 is 5.73 Å². The van der Waals surface area contributed by atoms with Crippen LogP contribution in [0.1, 0.15) is 29.9 Å². The van der Waals surface area contributed by atoms with Crippen LogP contribution in [0.25, 0.3) is 0 Å². The molecule has 1 saturated heterocycles. The molecule has 0 unspecified atom stereocenters. The van der Waals surface area contributed by atoms with Crippen molar-refractivity contribution in [2.75, 3.05) is 26.2 Å². The summed E-state index contributed by atoms with van der Waals surface area (Å²) in [4.78, 5) is 14.7. The molecule has 4 nitrogen and oxygen atoms in total. The summed E-state index contributed by atoms with van der Waals surface area (Å²) in [6.45, 7) is 2.40. The van der Waals surface area contributed by atoms with Crippen molar-refractivity contribution in [2.24, 2.45) is 5.73 Å². The summed E-state index contributed by atoms with van der Waals surface area (Å²) in [6, 6.07) is 8.35. The van der Waals surface area contributed by atoms with E-state index in [-0.39, 0.29) is 17.9 Å². The second kappa shape index (κ2) is 5.94. The van der Waals surface area contributed by atoms with Gasteiger partial charge < -0.3 is 15.4 Å². The highest BCUT2D eigenvalue weighted by molar-refractivity contribution is 5.84. The van der Waals surface area contributed by atoms with Gasteiger partial charge in [0, 0.05) is 19.6 Å². The number of carbonyl (C=O) groups excluding carboxylic acids is 1. The number of morpholine rings is 1. The van der Waals surface area contributed by atoms with Crippen molar-refractivity contribution >= 4 is 5.91 Å². The Morgan fingerprint density at radius 1 is 1.40 bits per heavy atom. The molecule has 3 rings (SSSR count). The predicted octanol–water partition coefficient (Wildman–Crippen LogP) is 1.29. The SMILES string of the molecule is NC[C@@H]1CN(C(=O)[C@H]2CCCc3ccccc32)CCO1. The number of hydrogen-bond acceptors (Lipinski definition) is 3. The van der Waals surface area contributed by atoms with E-state index < -0.39 is 0 Å². The molecule has 1 amide bonds. The highest BCUT2D eigenvalue weighted by Gasteiger charge is 2.32. The van der Waals surface area contributed by atoms with Gasteiger partial charge in [0.2, 0.25) is 5.91 Å². The predicted molar refractivity (Wildman–Crippen MR) is 77.5 cm³/mol. The van der Waals surface area contributed by atoms with E-state index in [9.17, 15) is 4.79 Å². The summed E-state index contributed by atoms with van der Waals surface area (Å²) in [5.74, 6) is 0.273. The second-order valence-corrected chi connectivity index (χ2v) is 5.66. The average molecular weight is 274 g/mol. The maximum atomic E-state index is 12.8. The molecule has 1 aromatic rings. The van der Waals surface area contributed by atoms with Gasteiger partial charge in [0.05, 0.1) is 18.6 Å². The lowest BCUT2D eigenvalue weighted by molar-refractivity contribution is -0.140. The maximum Gasteiger partial charge on any atom is 0.230 e. The Kier molecular flexibility index (Phi) is 4.03. The van der Waals surface area contributed by atoms with E-state index in [4.69, 9.17) is 10.5 Å². The van der Waals surface area contributed by atoms with Gasteiger partial charge in [0.1, 0.15) is 0 Å². The molecule has 0 saturated carbocycles. The molecule has 4 heteroatoms. The zero-order chi connectivity index (χ0) is 13.9. The molecule has 1 aromatic carbocycles. The van der Waals surface area contributed by atoms with Gasteiger partial charge in [0.25, 0.3) is 0 Å². The molecule has 1 aliphatic heterocycles. The molecule has 1 aliphatic carbocycles. The fourth-order valence-electron chi connectivity index (χ4n) is 3.29. The summed E-state index contributed by atoms with van der Waals surface area (Å²) in [5, 5.41) is 0. The number of nitrogens with two attached hydrogens (primary N) is 1. The number of benzene rings is 1. The summed E-state index contributed by atoms with van der Waals surface area (Å²) in [7, 11) is 0. The number of nitrogens with zero attached hydrogens (tertiary/aromatic N) is 1. The third-order valence-electron chi connectivity index (χ3n) is 4.38. The molecule has 108 valence electrons. The van der Waals surface area contributed by atoms with E-state index in [1.165, 1.54) is 11.1 Å². The molecule has 2 N–H and O–H groups in total. The number of carbonyl (C=O) groups is 1. The van der Waals surface area contributed by atoms with Crippen molar-refractivity contribution in [2.45, 2.75) is 31.3 Å². The number of hydrogen-bond donors (Lipinski definition) is 1. The molecular weight excluding hydrogens is 252 g/mol. The third kappa shape index (κ3) is 2.58. The van der Waals surface area contributed by atoms with Gasteiger partial charge in [-0.2, -0.15) is 0 Å². The quantitative estimate of drug-likeness (QED) is 0.884. The Morgan fingerprint density at radius 3 is 3.10 bits per heavy atom. The standard InChI is InChI=1S/C16H22N2O2/c17-10-13-11-18(8-9-20-13)16(19)15-7-3-5-12-4-1-2-6-14(12)15/h1-2,4,6,13,15H,3,5,7-11,17H2/t13-,15+/m1/s1. The van der Waals surface area contributed by atoms with Crippen molar-refractivity contribution in [1.29, 1.82) is 0 Å².